The van der Waals surface area contributed by atoms with Crippen molar-refractivity contribution in [1.82, 2.24) is 5.32 Å². The van der Waals surface area contributed by atoms with Crippen molar-refractivity contribution in [3.05, 3.63) is 40.4 Å². The first kappa shape index (κ1) is 13.6. The van der Waals surface area contributed by atoms with Crippen LogP contribution in [0.1, 0.15) is 31.7 Å². The van der Waals surface area contributed by atoms with Gasteiger partial charge in [-0.25, -0.2) is 0 Å². The second kappa shape index (κ2) is 6.95. The summed E-state index contributed by atoms with van der Waals surface area (Å²) in [5.41, 5.74) is 1.27. The van der Waals surface area contributed by atoms with Gasteiger partial charge < -0.3 is 10.1 Å². The van der Waals surface area contributed by atoms with Crippen LogP contribution in [-0.2, 0) is 6.54 Å². The average Bonchev–Trinajstić information content (AvgIpc) is 2.40. The summed E-state index contributed by atoms with van der Waals surface area (Å²) in [5, 5.41) is 3.32. The molecule has 2 rings (SSSR count). The molecule has 1 unspecified atom stereocenters. The lowest BCUT2D eigenvalue weighted by Crippen LogP contribution is -2.16. The summed E-state index contributed by atoms with van der Waals surface area (Å²) in [5.74, 6) is 0.937. The molecule has 0 fully saturated rings. The number of halogens is 1. The first-order valence-corrected chi connectivity index (χ1v) is 7.41. The molecule has 1 N–H and O–H groups in total. The van der Waals surface area contributed by atoms with Gasteiger partial charge in [-0.1, -0.05) is 19.1 Å². The molecule has 0 heterocycles. The largest absolute Gasteiger partial charge is 0.485 e. The van der Waals surface area contributed by atoms with Crippen molar-refractivity contribution in [1.29, 1.82) is 0 Å². The van der Waals surface area contributed by atoms with E-state index in [0.717, 1.165) is 29.7 Å². The highest BCUT2D eigenvalue weighted by molar-refractivity contribution is 9.10. The summed E-state index contributed by atoms with van der Waals surface area (Å²) in [6.45, 7) is 4.00. The van der Waals surface area contributed by atoms with Gasteiger partial charge in [0, 0.05) is 6.54 Å². The van der Waals surface area contributed by atoms with Crippen LogP contribution in [0.3, 0.4) is 0 Å². The van der Waals surface area contributed by atoms with E-state index in [1.165, 1.54) is 18.4 Å². The molecular weight excluding hydrogens is 290 g/mol. The molecule has 1 aliphatic carbocycles. The number of benzene rings is 1. The van der Waals surface area contributed by atoms with Crippen LogP contribution in [-0.4, -0.2) is 12.6 Å². The zero-order valence-corrected chi connectivity index (χ0v) is 12.4. The van der Waals surface area contributed by atoms with Crippen molar-refractivity contribution in [2.45, 2.75) is 38.8 Å². The third-order valence-corrected chi connectivity index (χ3v) is 3.68. The second-order valence-corrected chi connectivity index (χ2v) is 5.41. The van der Waals surface area contributed by atoms with Gasteiger partial charge in [-0.15, -0.1) is 0 Å². The Labute approximate surface area is 118 Å². The molecule has 0 aliphatic heterocycles. The van der Waals surface area contributed by atoms with Gasteiger partial charge in [0.1, 0.15) is 11.9 Å². The van der Waals surface area contributed by atoms with Gasteiger partial charge in [-0.05, 0) is 65.5 Å². The normalized spacial score (nSPS) is 18.9. The topological polar surface area (TPSA) is 21.3 Å². The van der Waals surface area contributed by atoms with Crippen molar-refractivity contribution in [3.8, 4) is 5.75 Å². The zero-order chi connectivity index (χ0) is 12.8. The molecule has 0 bridgehead atoms. The van der Waals surface area contributed by atoms with Crippen LogP contribution in [0.15, 0.2) is 34.8 Å². The number of hydrogen-bond acceptors (Lipinski definition) is 2. The summed E-state index contributed by atoms with van der Waals surface area (Å²) >= 11 is 3.59. The zero-order valence-electron chi connectivity index (χ0n) is 10.8. The highest BCUT2D eigenvalue weighted by Gasteiger charge is 2.11. The van der Waals surface area contributed by atoms with Crippen LogP contribution in [0, 0.1) is 0 Å². The van der Waals surface area contributed by atoms with Gasteiger partial charge in [0.25, 0.3) is 0 Å². The predicted octanol–water partition coefficient (Wildman–Crippen LogP) is 4.05. The molecule has 1 aliphatic rings. The third kappa shape index (κ3) is 3.85. The number of rotatable bonds is 5. The first-order valence-electron chi connectivity index (χ1n) is 6.62. The molecule has 0 saturated heterocycles. The molecule has 0 radical (unpaired) electrons. The Morgan fingerprint density at radius 1 is 1.44 bits per heavy atom. The summed E-state index contributed by atoms with van der Waals surface area (Å²) in [7, 11) is 0. The minimum absolute atomic E-state index is 0.231. The van der Waals surface area contributed by atoms with Crippen LogP contribution < -0.4 is 10.1 Å². The Balaban J connectivity index is 2.00. The molecule has 1 aromatic carbocycles. The van der Waals surface area contributed by atoms with E-state index in [0.29, 0.717) is 0 Å². The van der Waals surface area contributed by atoms with Crippen molar-refractivity contribution in [3.63, 3.8) is 0 Å². The van der Waals surface area contributed by atoms with Crippen molar-refractivity contribution in [2.24, 2.45) is 0 Å². The minimum atomic E-state index is 0.231. The molecule has 3 heteroatoms. The SMILES string of the molecule is CCNCc1ccc(OC2C=CCCC2)c(Br)c1. The Bertz CT molecular complexity index is 417. The van der Waals surface area contributed by atoms with Gasteiger partial charge in [0.05, 0.1) is 4.47 Å². The van der Waals surface area contributed by atoms with Crippen molar-refractivity contribution >= 4 is 15.9 Å². The highest BCUT2D eigenvalue weighted by Crippen LogP contribution is 2.28. The van der Waals surface area contributed by atoms with E-state index >= 15 is 0 Å². The van der Waals surface area contributed by atoms with Crippen molar-refractivity contribution in [2.75, 3.05) is 6.54 Å². The fourth-order valence-electron chi connectivity index (χ4n) is 2.06. The van der Waals surface area contributed by atoms with Gasteiger partial charge in [0.2, 0.25) is 0 Å². The van der Waals surface area contributed by atoms with E-state index in [4.69, 9.17) is 4.74 Å². The van der Waals surface area contributed by atoms with E-state index in [1.54, 1.807) is 0 Å². The highest BCUT2D eigenvalue weighted by atomic mass is 79.9. The van der Waals surface area contributed by atoms with Crippen LogP contribution in [0.25, 0.3) is 0 Å². The number of ether oxygens (including phenoxy) is 1. The molecule has 2 nitrogen and oxygen atoms in total. The fourth-order valence-corrected chi connectivity index (χ4v) is 2.58. The molecule has 0 saturated carbocycles. The lowest BCUT2D eigenvalue weighted by atomic mass is 10.1. The molecule has 98 valence electrons. The van der Waals surface area contributed by atoms with Gasteiger partial charge in [-0.3, -0.25) is 0 Å². The second-order valence-electron chi connectivity index (χ2n) is 4.56. The molecule has 18 heavy (non-hydrogen) atoms. The van der Waals surface area contributed by atoms with E-state index < -0.39 is 0 Å². The number of hydrogen-bond donors (Lipinski definition) is 1. The van der Waals surface area contributed by atoms with E-state index in [-0.39, 0.29) is 6.10 Å². The van der Waals surface area contributed by atoms with Gasteiger partial charge in [-0.2, -0.15) is 0 Å². The molecular formula is C15H20BrNO. The number of nitrogens with one attached hydrogen (secondary N) is 1. The van der Waals surface area contributed by atoms with Crippen LogP contribution in [0.4, 0.5) is 0 Å². The maximum absolute atomic E-state index is 5.99. The molecule has 1 aromatic rings. The number of allylic oxidation sites excluding steroid dienone is 1. The van der Waals surface area contributed by atoms with Gasteiger partial charge in [0.15, 0.2) is 0 Å². The molecule has 0 amide bonds. The molecule has 1 atom stereocenters. The van der Waals surface area contributed by atoms with E-state index in [2.05, 4.69) is 58.5 Å². The monoisotopic (exact) mass is 309 g/mol. The Morgan fingerprint density at radius 3 is 3.00 bits per heavy atom. The molecule has 0 spiro atoms. The first-order chi connectivity index (χ1) is 8.79. The van der Waals surface area contributed by atoms with E-state index in [9.17, 15) is 0 Å². The Morgan fingerprint density at radius 2 is 2.33 bits per heavy atom. The quantitative estimate of drug-likeness (QED) is 0.829. The summed E-state index contributed by atoms with van der Waals surface area (Å²) in [6, 6.07) is 6.30. The minimum Gasteiger partial charge on any atom is -0.485 e. The van der Waals surface area contributed by atoms with Gasteiger partial charge >= 0.3 is 0 Å². The standard InChI is InChI=1S/C15H20BrNO/c1-2-17-11-12-8-9-15(14(16)10-12)18-13-6-4-3-5-7-13/h4,6,8-10,13,17H,2-3,5,7,11H2,1H3. The summed E-state index contributed by atoms with van der Waals surface area (Å²) < 4.78 is 7.03. The maximum atomic E-state index is 5.99. The van der Waals surface area contributed by atoms with Crippen LogP contribution in [0.5, 0.6) is 5.75 Å². The van der Waals surface area contributed by atoms with E-state index in [1.807, 2.05) is 0 Å². The molecule has 0 aromatic heterocycles. The maximum Gasteiger partial charge on any atom is 0.134 e. The van der Waals surface area contributed by atoms with Crippen LogP contribution >= 0.6 is 15.9 Å². The van der Waals surface area contributed by atoms with Crippen LogP contribution in [0.2, 0.25) is 0 Å². The Kier molecular flexibility index (Phi) is 5.26. The lowest BCUT2D eigenvalue weighted by Gasteiger charge is -2.19. The Hall–Kier alpha value is -0.800. The smallest absolute Gasteiger partial charge is 0.134 e. The summed E-state index contributed by atoms with van der Waals surface area (Å²) in [4.78, 5) is 0. The fraction of sp³-hybridized carbons (Fsp3) is 0.467. The average molecular weight is 310 g/mol. The predicted molar refractivity (Wildman–Crippen MR) is 78.9 cm³/mol. The third-order valence-electron chi connectivity index (χ3n) is 3.06. The lowest BCUT2D eigenvalue weighted by molar-refractivity contribution is 0.228. The summed E-state index contributed by atoms with van der Waals surface area (Å²) in [6.07, 6.45) is 8.13. The van der Waals surface area contributed by atoms with Crippen molar-refractivity contribution < 1.29 is 4.74 Å².